The SMILES string of the molecule is CC(=O)OCCC=C(c1ccccc1)c1ccccc1. The minimum Gasteiger partial charge on any atom is -0.466 e. The highest BCUT2D eigenvalue weighted by molar-refractivity contribution is 5.79. The lowest BCUT2D eigenvalue weighted by atomic mass is 9.97. The van der Waals surface area contributed by atoms with Crippen molar-refractivity contribution >= 4 is 11.5 Å². The summed E-state index contributed by atoms with van der Waals surface area (Å²) in [7, 11) is 0. The van der Waals surface area contributed by atoms with Crippen molar-refractivity contribution in [2.24, 2.45) is 0 Å². The van der Waals surface area contributed by atoms with Crippen LogP contribution in [0.1, 0.15) is 24.5 Å². The van der Waals surface area contributed by atoms with Crippen molar-refractivity contribution in [2.75, 3.05) is 6.61 Å². The monoisotopic (exact) mass is 266 g/mol. The van der Waals surface area contributed by atoms with E-state index in [-0.39, 0.29) is 5.97 Å². The van der Waals surface area contributed by atoms with Gasteiger partial charge in [-0.3, -0.25) is 4.79 Å². The van der Waals surface area contributed by atoms with E-state index in [1.807, 2.05) is 36.4 Å². The van der Waals surface area contributed by atoms with E-state index in [2.05, 4.69) is 30.3 Å². The van der Waals surface area contributed by atoms with Crippen molar-refractivity contribution in [3.63, 3.8) is 0 Å². The Balaban J connectivity index is 2.21. The van der Waals surface area contributed by atoms with Gasteiger partial charge in [-0.2, -0.15) is 0 Å². The van der Waals surface area contributed by atoms with Gasteiger partial charge in [0.25, 0.3) is 0 Å². The standard InChI is InChI=1S/C18H18O2/c1-15(19)20-14-8-13-18(16-9-4-2-5-10-16)17-11-6-3-7-12-17/h2-7,9-13H,8,14H2,1H3. The molecular formula is C18H18O2. The lowest BCUT2D eigenvalue weighted by Gasteiger charge is -2.09. The molecule has 0 atom stereocenters. The van der Waals surface area contributed by atoms with Crippen molar-refractivity contribution < 1.29 is 9.53 Å². The van der Waals surface area contributed by atoms with Gasteiger partial charge in [-0.25, -0.2) is 0 Å². The van der Waals surface area contributed by atoms with E-state index in [4.69, 9.17) is 4.74 Å². The maximum Gasteiger partial charge on any atom is 0.302 e. The third kappa shape index (κ3) is 4.09. The van der Waals surface area contributed by atoms with Crippen LogP contribution in [0.3, 0.4) is 0 Å². The molecule has 0 aliphatic rings. The van der Waals surface area contributed by atoms with Gasteiger partial charge < -0.3 is 4.74 Å². The highest BCUT2D eigenvalue weighted by Crippen LogP contribution is 2.23. The van der Waals surface area contributed by atoms with Crippen LogP contribution in [0.5, 0.6) is 0 Å². The van der Waals surface area contributed by atoms with Gasteiger partial charge in [0.05, 0.1) is 6.61 Å². The fourth-order valence-electron chi connectivity index (χ4n) is 2.04. The largest absolute Gasteiger partial charge is 0.466 e. The summed E-state index contributed by atoms with van der Waals surface area (Å²) in [6, 6.07) is 20.5. The molecule has 0 radical (unpaired) electrons. The van der Waals surface area contributed by atoms with Crippen molar-refractivity contribution in [1.82, 2.24) is 0 Å². The molecule has 0 aliphatic heterocycles. The smallest absolute Gasteiger partial charge is 0.302 e. The maximum absolute atomic E-state index is 10.8. The van der Waals surface area contributed by atoms with Crippen molar-refractivity contribution in [3.05, 3.63) is 77.9 Å². The third-order valence-electron chi connectivity index (χ3n) is 2.94. The molecule has 0 saturated carbocycles. The summed E-state index contributed by atoms with van der Waals surface area (Å²) in [5.74, 6) is -0.237. The number of ether oxygens (including phenoxy) is 1. The molecule has 2 aromatic carbocycles. The Morgan fingerprint density at radius 3 is 1.90 bits per heavy atom. The molecular weight excluding hydrogens is 248 g/mol. The zero-order chi connectivity index (χ0) is 14.2. The second-order valence-corrected chi connectivity index (χ2v) is 4.48. The molecule has 2 aromatic rings. The molecule has 0 unspecified atom stereocenters. The fraction of sp³-hybridized carbons (Fsp3) is 0.167. The van der Waals surface area contributed by atoms with Crippen molar-refractivity contribution in [3.8, 4) is 0 Å². The zero-order valence-corrected chi connectivity index (χ0v) is 11.6. The molecule has 102 valence electrons. The Morgan fingerprint density at radius 2 is 1.45 bits per heavy atom. The summed E-state index contributed by atoms with van der Waals surface area (Å²) in [5.41, 5.74) is 3.50. The molecule has 0 saturated heterocycles. The van der Waals surface area contributed by atoms with Gasteiger partial charge in [-0.15, -0.1) is 0 Å². The Morgan fingerprint density at radius 1 is 0.950 bits per heavy atom. The molecule has 2 rings (SSSR count). The molecule has 0 amide bonds. The topological polar surface area (TPSA) is 26.3 Å². The van der Waals surface area contributed by atoms with Crippen molar-refractivity contribution in [1.29, 1.82) is 0 Å². The molecule has 2 nitrogen and oxygen atoms in total. The first-order valence-electron chi connectivity index (χ1n) is 6.72. The van der Waals surface area contributed by atoms with E-state index in [9.17, 15) is 4.79 Å². The molecule has 2 heteroatoms. The van der Waals surface area contributed by atoms with E-state index >= 15 is 0 Å². The number of rotatable bonds is 5. The average molecular weight is 266 g/mol. The van der Waals surface area contributed by atoms with Crippen LogP contribution in [-0.4, -0.2) is 12.6 Å². The zero-order valence-electron chi connectivity index (χ0n) is 11.6. The lowest BCUT2D eigenvalue weighted by Crippen LogP contribution is -1.99. The van der Waals surface area contributed by atoms with Gasteiger partial charge in [-0.05, 0) is 16.7 Å². The minimum atomic E-state index is -0.237. The normalized spacial score (nSPS) is 9.85. The number of hydrogen-bond donors (Lipinski definition) is 0. The molecule has 20 heavy (non-hydrogen) atoms. The van der Waals surface area contributed by atoms with Gasteiger partial charge in [-0.1, -0.05) is 66.7 Å². The highest BCUT2D eigenvalue weighted by Gasteiger charge is 2.03. The summed E-state index contributed by atoms with van der Waals surface area (Å²) in [6.45, 7) is 1.84. The average Bonchev–Trinajstić information content (AvgIpc) is 2.49. The van der Waals surface area contributed by atoms with Crippen LogP contribution in [0, 0.1) is 0 Å². The van der Waals surface area contributed by atoms with Crippen molar-refractivity contribution in [2.45, 2.75) is 13.3 Å². The molecule has 0 aliphatic carbocycles. The van der Waals surface area contributed by atoms with E-state index in [1.165, 1.54) is 23.6 Å². The van der Waals surface area contributed by atoms with E-state index in [1.54, 1.807) is 0 Å². The quantitative estimate of drug-likeness (QED) is 0.602. The molecule has 0 bridgehead atoms. The number of hydrogen-bond acceptors (Lipinski definition) is 2. The van der Waals surface area contributed by atoms with Gasteiger partial charge >= 0.3 is 5.97 Å². The third-order valence-corrected chi connectivity index (χ3v) is 2.94. The second kappa shape index (κ2) is 7.29. The van der Waals surface area contributed by atoms with Gasteiger partial charge in [0.2, 0.25) is 0 Å². The van der Waals surface area contributed by atoms with Crippen LogP contribution in [0.2, 0.25) is 0 Å². The Hall–Kier alpha value is -2.35. The van der Waals surface area contributed by atoms with Crippen LogP contribution >= 0.6 is 0 Å². The summed E-state index contributed by atoms with van der Waals surface area (Å²) >= 11 is 0. The molecule has 0 spiro atoms. The van der Waals surface area contributed by atoms with Crippen LogP contribution in [0.25, 0.3) is 5.57 Å². The lowest BCUT2D eigenvalue weighted by molar-refractivity contribution is -0.140. The first-order valence-corrected chi connectivity index (χ1v) is 6.72. The number of carbonyl (C=O) groups excluding carboxylic acids is 1. The molecule has 0 heterocycles. The Labute approximate surface area is 119 Å². The van der Waals surface area contributed by atoms with Crippen LogP contribution in [0.15, 0.2) is 66.7 Å². The van der Waals surface area contributed by atoms with Gasteiger partial charge in [0, 0.05) is 13.3 Å². The molecule has 0 aromatic heterocycles. The first-order chi connectivity index (χ1) is 9.77. The van der Waals surface area contributed by atoms with Crippen LogP contribution in [0.4, 0.5) is 0 Å². The predicted octanol–water partition coefficient (Wildman–Crippen LogP) is 4.07. The first kappa shape index (κ1) is 14.1. The maximum atomic E-state index is 10.8. The Kier molecular flexibility index (Phi) is 5.13. The molecule has 0 fully saturated rings. The van der Waals surface area contributed by atoms with Crippen LogP contribution < -0.4 is 0 Å². The van der Waals surface area contributed by atoms with E-state index in [0.717, 1.165) is 0 Å². The highest BCUT2D eigenvalue weighted by atomic mass is 16.5. The van der Waals surface area contributed by atoms with Gasteiger partial charge in [0.15, 0.2) is 0 Å². The predicted molar refractivity (Wildman–Crippen MR) is 81.2 cm³/mol. The van der Waals surface area contributed by atoms with E-state index in [0.29, 0.717) is 13.0 Å². The number of esters is 1. The summed E-state index contributed by atoms with van der Waals surface area (Å²) in [4.78, 5) is 10.8. The number of carbonyl (C=O) groups is 1. The minimum absolute atomic E-state index is 0.237. The number of benzene rings is 2. The summed E-state index contributed by atoms with van der Waals surface area (Å²) < 4.78 is 4.98. The molecule has 0 N–H and O–H groups in total. The van der Waals surface area contributed by atoms with Crippen LogP contribution in [-0.2, 0) is 9.53 Å². The van der Waals surface area contributed by atoms with E-state index < -0.39 is 0 Å². The Bertz CT molecular complexity index is 529. The van der Waals surface area contributed by atoms with Gasteiger partial charge in [0.1, 0.15) is 0 Å². The summed E-state index contributed by atoms with van der Waals surface area (Å²) in [5, 5.41) is 0. The summed E-state index contributed by atoms with van der Waals surface area (Å²) in [6.07, 6.45) is 2.83. The fourth-order valence-corrected chi connectivity index (χ4v) is 2.04. The second-order valence-electron chi connectivity index (χ2n) is 4.48.